The number of hydrogen-bond donors (Lipinski definition) is 2. The zero-order valence-electron chi connectivity index (χ0n) is 15.8. The normalized spacial score (nSPS) is 16.3. The van der Waals surface area contributed by atoms with Gasteiger partial charge in [-0.25, -0.2) is 0 Å². The monoisotopic (exact) mass is 399 g/mol. The molecule has 1 atom stereocenters. The third-order valence-electron chi connectivity index (χ3n) is 4.25. The van der Waals surface area contributed by atoms with E-state index in [1.165, 1.54) is 0 Å². The number of carbonyl (C=O) groups is 2. The minimum Gasteiger partial charge on any atom is -0.379 e. The molecule has 1 saturated heterocycles. The van der Waals surface area contributed by atoms with Gasteiger partial charge in [0.1, 0.15) is 6.04 Å². The van der Waals surface area contributed by atoms with E-state index in [1.54, 1.807) is 26.0 Å². The van der Waals surface area contributed by atoms with Gasteiger partial charge in [-0.3, -0.25) is 9.59 Å². The number of ether oxygens (including phenoxy) is 1. The van der Waals surface area contributed by atoms with Crippen LogP contribution in [0.2, 0.25) is 0 Å². The molecule has 6 nitrogen and oxygen atoms in total. The van der Waals surface area contributed by atoms with Crippen molar-refractivity contribution < 1.29 is 27.5 Å². The SMILES string of the molecule is CC(C)C(NC=CC(=O)C(F)(F)F)C(=O)Nc1ccc(N2CCOCC2)cc1. The van der Waals surface area contributed by atoms with Crippen LogP contribution in [0.3, 0.4) is 0 Å². The third-order valence-corrected chi connectivity index (χ3v) is 4.25. The molecule has 0 spiro atoms. The van der Waals surface area contributed by atoms with Gasteiger partial charge < -0.3 is 20.3 Å². The van der Waals surface area contributed by atoms with Crippen molar-refractivity contribution in [1.82, 2.24) is 5.32 Å². The first kappa shape index (κ1) is 21.7. The van der Waals surface area contributed by atoms with Gasteiger partial charge in [0.05, 0.1) is 13.2 Å². The maximum Gasteiger partial charge on any atom is 0.454 e. The van der Waals surface area contributed by atoms with Crippen molar-refractivity contribution >= 4 is 23.1 Å². The molecule has 28 heavy (non-hydrogen) atoms. The van der Waals surface area contributed by atoms with E-state index in [2.05, 4.69) is 15.5 Å². The summed E-state index contributed by atoms with van der Waals surface area (Å²) in [4.78, 5) is 25.5. The van der Waals surface area contributed by atoms with E-state index in [1.807, 2.05) is 12.1 Å². The number of ketones is 1. The van der Waals surface area contributed by atoms with Gasteiger partial charge in [-0.1, -0.05) is 13.8 Å². The molecule has 1 unspecified atom stereocenters. The van der Waals surface area contributed by atoms with E-state index in [-0.39, 0.29) is 5.92 Å². The summed E-state index contributed by atoms with van der Waals surface area (Å²) in [5.41, 5.74) is 1.60. The molecule has 0 radical (unpaired) electrons. The molecule has 2 rings (SSSR count). The average Bonchev–Trinajstić information content (AvgIpc) is 2.65. The molecular formula is C19H24F3N3O3. The van der Waals surface area contributed by atoms with Crippen molar-refractivity contribution in [2.24, 2.45) is 5.92 Å². The number of nitrogens with zero attached hydrogens (tertiary/aromatic N) is 1. The summed E-state index contributed by atoms with van der Waals surface area (Å²) in [5.74, 6) is -2.60. The Kier molecular flexibility index (Phi) is 7.45. The number of allylic oxidation sites excluding steroid dienone is 1. The molecule has 1 aromatic rings. The van der Waals surface area contributed by atoms with Crippen LogP contribution in [0.5, 0.6) is 0 Å². The molecule has 1 aliphatic heterocycles. The molecule has 9 heteroatoms. The lowest BCUT2D eigenvalue weighted by Gasteiger charge is -2.29. The maximum atomic E-state index is 12.5. The lowest BCUT2D eigenvalue weighted by molar-refractivity contribution is -0.165. The minimum atomic E-state index is -4.93. The van der Waals surface area contributed by atoms with Crippen LogP contribution in [0.1, 0.15) is 13.8 Å². The zero-order chi connectivity index (χ0) is 20.7. The first-order chi connectivity index (χ1) is 13.2. The first-order valence-electron chi connectivity index (χ1n) is 8.96. The molecule has 1 heterocycles. The van der Waals surface area contributed by atoms with E-state index in [9.17, 15) is 22.8 Å². The second-order valence-corrected chi connectivity index (χ2v) is 6.72. The van der Waals surface area contributed by atoms with E-state index in [0.717, 1.165) is 25.0 Å². The number of halogens is 3. The molecule has 2 N–H and O–H groups in total. The summed E-state index contributed by atoms with van der Waals surface area (Å²) in [5, 5.41) is 5.31. The van der Waals surface area contributed by atoms with Gasteiger partial charge >= 0.3 is 6.18 Å². The Hall–Kier alpha value is -2.55. The van der Waals surface area contributed by atoms with Gasteiger partial charge in [0.25, 0.3) is 5.78 Å². The highest BCUT2D eigenvalue weighted by atomic mass is 19.4. The highest BCUT2D eigenvalue weighted by molar-refractivity contribution is 5.96. The summed E-state index contributed by atoms with van der Waals surface area (Å²) in [6, 6.07) is 6.52. The van der Waals surface area contributed by atoms with Crippen molar-refractivity contribution in [1.29, 1.82) is 0 Å². The highest BCUT2D eigenvalue weighted by Gasteiger charge is 2.36. The Morgan fingerprint density at radius 2 is 1.75 bits per heavy atom. The summed E-state index contributed by atoms with van der Waals surface area (Å²) >= 11 is 0. The Morgan fingerprint density at radius 1 is 1.14 bits per heavy atom. The Morgan fingerprint density at radius 3 is 2.29 bits per heavy atom. The summed E-state index contributed by atoms with van der Waals surface area (Å²) in [7, 11) is 0. The molecule has 1 fully saturated rings. The van der Waals surface area contributed by atoms with Crippen LogP contribution in [-0.4, -0.2) is 50.2 Å². The molecular weight excluding hydrogens is 375 g/mol. The number of anilines is 2. The van der Waals surface area contributed by atoms with Gasteiger partial charge in [-0.2, -0.15) is 13.2 Å². The number of carbonyl (C=O) groups excluding carboxylic acids is 2. The second-order valence-electron chi connectivity index (χ2n) is 6.72. The zero-order valence-corrected chi connectivity index (χ0v) is 15.8. The first-order valence-corrected chi connectivity index (χ1v) is 8.96. The number of hydrogen-bond acceptors (Lipinski definition) is 5. The number of rotatable bonds is 7. The van der Waals surface area contributed by atoms with Crippen molar-refractivity contribution in [2.75, 3.05) is 36.5 Å². The van der Waals surface area contributed by atoms with E-state index in [0.29, 0.717) is 25.0 Å². The van der Waals surface area contributed by atoms with Gasteiger partial charge in [0.15, 0.2) is 0 Å². The highest BCUT2D eigenvalue weighted by Crippen LogP contribution is 2.20. The van der Waals surface area contributed by atoms with Crippen LogP contribution in [0.15, 0.2) is 36.5 Å². The van der Waals surface area contributed by atoms with Crippen LogP contribution in [0.4, 0.5) is 24.5 Å². The molecule has 154 valence electrons. The molecule has 0 bridgehead atoms. The maximum absolute atomic E-state index is 12.5. The standard InChI is InChI=1S/C19H24F3N3O3/c1-13(2)17(23-8-7-16(26)19(20,21)22)18(27)24-14-3-5-15(6-4-14)25-9-11-28-12-10-25/h3-8,13,17,23H,9-12H2,1-2H3,(H,24,27). The Balaban J connectivity index is 1.96. The quantitative estimate of drug-likeness (QED) is 0.690. The Bertz CT molecular complexity index is 697. The molecule has 1 aromatic carbocycles. The molecule has 0 aliphatic carbocycles. The lowest BCUT2D eigenvalue weighted by Crippen LogP contribution is -2.42. The van der Waals surface area contributed by atoms with Gasteiger partial charge in [-0.05, 0) is 30.2 Å². The fraction of sp³-hybridized carbons (Fsp3) is 0.474. The van der Waals surface area contributed by atoms with Crippen molar-refractivity contribution in [3.05, 3.63) is 36.5 Å². The van der Waals surface area contributed by atoms with Crippen LogP contribution in [0.25, 0.3) is 0 Å². The van der Waals surface area contributed by atoms with Crippen molar-refractivity contribution in [3.63, 3.8) is 0 Å². The predicted octanol–water partition coefficient (Wildman–Crippen LogP) is 2.72. The smallest absolute Gasteiger partial charge is 0.379 e. The predicted molar refractivity (Wildman–Crippen MR) is 100 cm³/mol. The number of morpholine rings is 1. The molecule has 1 aliphatic rings. The van der Waals surface area contributed by atoms with Gasteiger partial charge in [0, 0.05) is 36.7 Å². The average molecular weight is 399 g/mol. The van der Waals surface area contributed by atoms with Gasteiger partial charge in [0.2, 0.25) is 5.91 Å². The molecule has 0 saturated carbocycles. The fourth-order valence-corrected chi connectivity index (χ4v) is 2.69. The third kappa shape index (κ3) is 6.26. The van der Waals surface area contributed by atoms with E-state index >= 15 is 0 Å². The second kappa shape index (κ2) is 9.59. The summed E-state index contributed by atoms with van der Waals surface area (Å²) in [6.45, 7) is 6.44. The number of benzene rings is 1. The molecule has 0 aromatic heterocycles. The molecule has 1 amide bonds. The minimum absolute atomic E-state index is 0.210. The number of nitrogens with one attached hydrogen (secondary N) is 2. The topological polar surface area (TPSA) is 70.7 Å². The van der Waals surface area contributed by atoms with E-state index < -0.39 is 23.9 Å². The fourth-order valence-electron chi connectivity index (χ4n) is 2.69. The van der Waals surface area contributed by atoms with Crippen molar-refractivity contribution in [2.45, 2.75) is 26.1 Å². The van der Waals surface area contributed by atoms with Crippen LogP contribution in [0, 0.1) is 5.92 Å². The van der Waals surface area contributed by atoms with Crippen molar-refractivity contribution in [3.8, 4) is 0 Å². The van der Waals surface area contributed by atoms with Gasteiger partial charge in [-0.15, -0.1) is 0 Å². The lowest BCUT2D eigenvalue weighted by atomic mass is 10.0. The summed E-state index contributed by atoms with van der Waals surface area (Å²) in [6.07, 6.45) is -3.70. The van der Waals surface area contributed by atoms with Crippen LogP contribution >= 0.6 is 0 Å². The van der Waals surface area contributed by atoms with E-state index in [4.69, 9.17) is 4.74 Å². The van der Waals surface area contributed by atoms with Crippen LogP contribution < -0.4 is 15.5 Å². The largest absolute Gasteiger partial charge is 0.454 e. The number of alkyl halides is 3. The Labute approximate surface area is 161 Å². The number of amides is 1. The van der Waals surface area contributed by atoms with Crippen LogP contribution in [-0.2, 0) is 14.3 Å². The summed E-state index contributed by atoms with van der Waals surface area (Å²) < 4.78 is 42.0.